The van der Waals surface area contributed by atoms with E-state index >= 15 is 0 Å². The molecule has 2 aromatic rings. The molecule has 0 unspecified atom stereocenters. The van der Waals surface area contributed by atoms with Gasteiger partial charge in [0.2, 0.25) is 0 Å². The summed E-state index contributed by atoms with van der Waals surface area (Å²) in [5.41, 5.74) is 2.09. The van der Waals surface area contributed by atoms with Gasteiger partial charge in [-0.25, -0.2) is 0 Å². The molecular weight excluding hydrogens is 228 g/mol. The summed E-state index contributed by atoms with van der Waals surface area (Å²) in [6.07, 6.45) is 3.93. The van der Waals surface area contributed by atoms with Gasteiger partial charge < -0.3 is 9.84 Å². The molecule has 5 heteroatoms. The van der Waals surface area contributed by atoms with E-state index in [0.717, 1.165) is 11.5 Å². The Morgan fingerprint density at radius 3 is 2.72 bits per heavy atom. The van der Waals surface area contributed by atoms with Crippen molar-refractivity contribution in [2.45, 2.75) is 46.3 Å². The molecule has 2 rings (SSSR count). The average Bonchev–Trinajstić information content (AvgIpc) is 2.94. The van der Waals surface area contributed by atoms with Gasteiger partial charge in [-0.1, -0.05) is 5.16 Å². The molecule has 0 aromatic carbocycles. The summed E-state index contributed by atoms with van der Waals surface area (Å²) in [5, 5.41) is 11.6. The van der Waals surface area contributed by atoms with E-state index in [1.165, 1.54) is 5.56 Å². The number of hydrogen-bond donors (Lipinski definition) is 1. The highest BCUT2D eigenvalue weighted by Crippen LogP contribution is 2.11. The predicted octanol–water partition coefficient (Wildman–Crippen LogP) is 2.23. The summed E-state index contributed by atoms with van der Waals surface area (Å²) < 4.78 is 7.15. The molecule has 98 valence electrons. The van der Waals surface area contributed by atoms with Crippen LogP contribution in [-0.2, 0) is 6.54 Å². The lowest BCUT2D eigenvalue weighted by Gasteiger charge is -2.21. The SMILES string of the molecule is Cc1cnn([C@@H](C)[C@@H](C)NCc2cc(C)no2)c1. The Morgan fingerprint density at radius 2 is 2.17 bits per heavy atom. The number of nitrogens with zero attached hydrogens (tertiary/aromatic N) is 3. The lowest BCUT2D eigenvalue weighted by Crippen LogP contribution is -2.33. The molecule has 5 nitrogen and oxygen atoms in total. The third-order valence-electron chi connectivity index (χ3n) is 3.15. The number of rotatable bonds is 5. The predicted molar refractivity (Wildman–Crippen MR) is 69.2 cm³/mol. The van der Waals surface area contributed by atoms with Crippen molar-refractivity contribution in [3.8, 4) is 0 Å². The Hall–Kier alpha value is -1.62. The molecule has 2 atom stereocenters. The first-order valence-corrected chi connectivity index (χ1v) is 6.22. The summed E-state index contributed by atoms with van der Waals surface area (Å²) in [5.74, 6) is 0.864. The summed E-state index contributed by atoms with van der Waals surface area (Å²) in [6.45, 7) is 8.95. The Balaban J connectivity index is 1.89. The van der Waals surface area contributed by atoms with E-state index in [9.17, 15) is 0 Å². The molecule has 0 aliphatic carbocycles. The van der Waals surface area contributed by atoms with Gasteiger partial charge >= 0.3 is 0 Å². The maximum absolute atomic E-state index is 5.17. The molecule has 1 N–H and O–H groups in total. The fourth-order valence-corrected chi connectivity index (χ4v) is 1.82. The third kappa shape index (κ3) is 2.98. The van der Waals surface area contributed by atoms with Gasteiger partial charge in [-0.15, -0.1) is 0 Å². The maximum Gasteiger partial charge on any atom is 0.150 e. The maximum atomic E-state index is 5.17. The molecule has 2 heterocycles. The van der Waals surface area contributed by atoms with Gasteiger partial charge in [0.05, 0.1) is 24.5 Å². The van der Waals surface area contributed by atoms with Gasteiger partial charge in [0.15, 0.2) is 5.76 Å². The number of nitrogens with one attached hydrogen (secondary N) is 1. The molecule has 0 aliphatic heterocycles. The van der Waals surface area contributed by atoms with Gasteiger partial charge in [-0.05, 0) is 33.3 Å². The van der Waals surface area contributed by atoms with Crippen LogP contribution in [0.4, 0.5) is 0 Å². The molecule has 0 saturated heterocycles. The fraction of sp³-hybridized carbons (Fsp3) is 0.538. The monoisotopic (exact) mass is 248 g/mol. The number of aryl methyl sites for hydroxylation is 2. The van der Waals surface area contributed by atoms with E-state index < -0.39 is 0 Å². The van der Waals surface area contributed by atoms with Crippen LogP contribution in [0.2, 0.25) is 0 Å². The van der Waals surface area contributed by atoms with E-state index in [1.54, 1.807) is 0 Å². The van der Waals surface area contributed by atoms with Gasteiger partial charge in [-0.2, -0.15) is 5.10 Å². The second-order valence-electron chi connectivity index (χ2n) is 4.84. The third-order valence-corrected chi connectivity index (χ3v) is 3.15. The molecule has 0 saturated carbocycles. The van der Waals surface area contributed by atoms with Crippen LogP contribution in [-0.4, -0.2) is 21.0 Å². The van der Waals surface area contributed by atoms with Crippen LogP contribution in [0.25, 0.3) is 0 Å². The van der Waals surface area contributed by atoms with E-state index in [-0.39, 0.29) is 0 Å². The molecule has 0 aliphatic rings. The highest BCUT2D eigenvalue weighted by Gasteiger charge is 2.14. The quantitative estimate of drug-likeness (QED) is 0.881. The van der Waals surface area contributed by atoms with E-state index in [0.29, 0.717) is 18.6 Å². The first-order chi connectivity index (χ1) is 8.56. The Kier molecular flexibility index (Phi) is 3.81. The van der Waals surface area contributed by atoms with Crippen molar-refractivity contribution < 1.29 is 4.52 Å². The normalized spacial score (nSPS) is 14.7. The molecule has 0 radical (unpaired) electrons. The number of hydrogen-bond acceptors (Lipinski definition) is 4. The van der Waals surface area contributed by atoms with Crippen molar-refractivity contribution in [1.82, 2.24) is 20.3 Å². The summed E-state index contributed by atoms with van der Waals surface area (Å²) in [7, 11) is 0. The van der Waals surface area contributed by atoms with Crippen molar-refractivity contribution in [2.75, 3.05) is 0 Å². The van der Waals surface area contributed by atoms with Crippen molar-refractivity contribution in [3.05, 3.63) is 35.5 Å². The van der Waals surface area contributed by atoms with Crippen LogP contribution in [0.5, 0.6) is 0 Å². The van der Waals surface area contributed by atoms with Crippen LogP contribution in [0.1, 0.15) is 36.9 Å². The first kappa shape index (κ1) is 12.8. The lowest BCUT2D eigenvalue weighted by molar-refractivity contribution is 0.328. The van der Waals surface area contributed by atoms with Crippen molar-refractivity contribution in [2.24, 2.45) is 0 Å². The highest BCUT2D eigenvalue weighted by atomic mass is 16.5. The van der Waals surface area contributed by atoms with Gasteiger partial charge in [-0.3, -0.25) is 4.68 Å². The summed E-state index contributed by atoms with van der Waals surface area (Å²) in [4.78, 5) is 0. The zero-order valence-electron chi connectivity index (χ0n) is 11.3. The van der Waals surface area contributed by atoms with Crippen LogP contribution in [0.3, 0.4) is 0 Å². The molecule has 18 heavy (non-hydrogen) atoms. The minimum absolute atomic E-state index is 0.294. The summed E-state index contributed by atoms with van der Waals surface area (Å²) in [6, 6.07) is 2.54. The standard InChI is InChI=1S/C13H20N4O/c1-9-6-15-17(8-9)12(4)11(3)14-7-13-5-10(2)16-18-13/h5-6,8,11-12,14H,7H2,1-4H3/t11-,12+/m1/s1. The van der Waals surface area contributed by atoms with Crippen molar-refractivity contribution >= 4 is 0 Å². The summed E-state index contributed by atoms with van der Waals surface area (Å²) >= 11 is 0. The Labute approximate surface area is 107 Å². The minimum atomic E-state index is 0.294. The average molecular weight is 248 g/mol. The van der Waals surface area contributed by atoms with E-state index in [4.69, 9.17) is 4.52 Å². The second kappa shape index (κ2) is 5.35. The second-order valence-corrected chi connectivity index (χ2v) is 4.84. The van der Waals surface area contributed by atoms with E-state index in [2.05, 4.69) is 35.6 Å². The van der Waals surface area contributed by atoms with Crippen molar-refractivity contribution in [1.29, 1.82) is 0 Å². The zero-order chi connectivity index (χ0) is 13.1. The van der Waals surface area contributed by atoms with Crippen LogP contribution < -0.4 is 5.32 Å². The molecule has 0 bridgehead atoms. The molecule has 0 fully saturated rings. The van der Waals surface area contributed by atoms with Gasteiger partial charge in [0, 0.05) is 18.3 Å². The minimum Gasteiger partial charge on any atom is -0.360 e. The van der Waals surface area contributed by atoms with Crippen LogP contribution in [0.15, 0.2) is 23.0 Å². The lowest BCUT2D eigenvalue weighted by atomic mass is 10.1. The van der Waals surface area contributed by atoms with Crippen LogP contribution >= 0.6 is 0 Å². The smallest absolute Gasteiger partial charge is 0.150 e. The molecule has 0 amide bonds. The Bertz CT molecular complexity index is 503. The molecule has 2 aromatic heterocycles. The number of aromatic nitrogens is 3. The fourth-order valence-electron chi connectivity index (χ4n) is 1.82. The molecular formula is C13H20N4O. The van der Waals surface area contributed by atoms with Gasteiger partial charge in [0.1, 0.15) is 0 Å². The zero-order valence-corrected chi connectivity index (χ0v) is 11.3. The van der Waals surface area contributed by atoms with Gasteiger partial charge in [0.25, 0.3) is 0 Å². The molecule has 0 spiro atoms. The highest BCUT2D eigenvalue weighted by molar-refractivity contribution is 5.03. The van der Waals surface area contributed by atoms with Crippen molar-refractivity contribution in [3.63, 3.8) is 0 Å². The Morgan fingerprint density at radius 1 is 1.39 bits per heavy atom. The van der Waals surface area contributed by atoms with E-state index in [1.807, 2.05) is 30.8 Å². The van der Waals surface area contributed by atoms with Crippen LogP contribution in [0, 0.1) is 13.8 Å². The topological polar surface area (TPSA) is 55.9 Å². The largest absolute Gasteiger partial charge is 0.360 e. The first-order valence-electron chi connectivity index (χ1n) is 6.22.